The lowest BCUT2D eigenvalue weighted by atomic mass is 9.86. The van der Waals surface area contributed by atoms with Gasteiger partial charge in [0.05, 0.1) is 5.69 Å². The fourth-order valence-electron chi connectivity index (χ4n) is 2.63. The first-order valence-electron chi connectivity index (χ1n) is 7.17. The standard InChI is InChI=1S/C15H20F2N2OS/c1-10-6-2-3-7-11(10)18-15(20)19-12-8-4-5-9-13(12)21-14(16)17/h4-5,8-11,14H,2-3,6-7H2,1H3,(H2,18,19,20). The Bertz CT molecular complexity index is 484. The summed E-state index contributed by atoms with van der Waals surface area (Å²) >= 11 is 0.438. The van der Waals surface area contributed by atoms with E-state index in [0.29, 0.717) is 28.3 Å². The molecule has 0 heterocycles. The van der Waals surface area contributed by atoms with E-state index >= 15 is 0 Å². The summed E-state index contributed by atoms with van der Waals surface area (Å²) in [6.07, 6.45) is 4.41. The average molecular weight is 314 g/mol. The molecule has 3 nitrogen and oxygen atoms in total. The number of carbonyl (C=O) groups is 1. The second-order valence-electron chi connectivity index (χ2n) is 5.34. The second kappa shape index (κ2) is 7.64. The largest absolute Gasteiger partial charge is 0.335 e. The smallest absolute Gasteiger partial charge is 0.319 e. The second-order valence-corrected chi connectivity index (χ2v) is 6.37. The number of rotatable bonds is 4. The van der Waals surface area contributed by atoms with E-state index in [4.69, 9.17) is 0 Å². The zero-order chi connectivity index (χ0) is 15.2. The molecule has 1 aliphatic carbocycles. The maximum Gasteiger partial charge on any atom is 0.319 e. The Morgan fingerprint density at radius 2 is 2.00 bits per heavy atom. The maximum absolute atomic E-state index is 12.5. The number of para-hydroxylation sites is 1. The molecule has 0 radical (unpaired) electrons. The number of benzene rings is 1. The molecule has 2 atom stereocenters. The van der Waals surface area contributed by atoms with Crippen molar-refractivity contribution >= 4 is 23.5 Å². The van der Waals surface area contributed by atoms with Crippen LogP contribution < -0.4 is 10.6 Å². The summed E-state index contributed by atoms with van der Waals surface area (Å²) in [7, 11) is 0. The third-order valence-corrected chi connectivity index (χ3v) is 4.57. The highest BCUT2D eigenvalue weighted by Crippen LogP contribution is 2.31. The number of amides is 2. The van der Waals surface area contributed by atoms with Gasteiger partial charge in [0, 0.05) is 10.9 Å². The molecule has 21 heavy (non-hydrogen) atoms. The van der Waals surface area contributed by atoms with E-state index in [-0.39, 0.29) is 12.1 Å². The van der Waals surface area contributed by atoms with Crippen LogP contribution in [0.25, 0.3) is 0 Å². The first-order valence-corrected chi connectivity index (χ1v) is 8.05. The molecule has 0 bridgehead atoms. The van der Waals surface area contributed by atoms with E-state index in [0.717, 1.165) is 19.3 Å². The maximum atomic E-state index is 12.5. The third-order valence-electron chi connectivity index (χ3n) is 3.78. The molecule has 116 valence electrons. The van der Waals surface area contributed by atoms with Crippen molar-refractivity contribution in [3.8, 4) is 0 Å². The van der Waals surface area contributed by atoms with Crippen LogP contribution in [0, 0.1) is 5.92 Å². The number of anilines is 1. The molecular formula is C15H20F2N2OS. The molecule has 2 amide bonds. The van der Waals surface area contributed by atoms with Crippen LogP contribution in [0.4, 0.5) is 19.3 Å². The van der Waals surface area contributed by atoms with Gasteiger partial charge >= 0.3 is 6.03 Å². The highest BCUT2D eigenvalue weighted by molar-refractivity contribution is 7.99. The fraction of sp³-hybridized carbons (Fsp3) is 0.533. The van der Waals surface area contributed by atoms with Gasteiger partial charge in [-0.3, -0.25) is 0 Å². The van der Waals surface area contributed by atoms with Gasteiger partial charge < -0.3 is 10.6 Å². The Morgan fingerprint density at radius 1 is 1.29 bits per heavy atom. The zero-order valence-electron chi connectivity index (χ0n) is 11.9. The number of urea groups is 1. The normalized spacial score (nSPS) is 22.1. The van der Waals surface area contributed by atoms with Crippen LogP contribution in [0.1, 0.15) is 32.6 Å². The molecular weight excluding hydrogens is 294 g/mol. The molecule has 6 heteroatoms. The first-order chi connectivity index (χ1) is 10.1. The van der Waals surface area contributed by atoms with Crippen molar-refractivity contribution in [2.45, 2.75) is 49.3 Å². The average Bonchev–Trinajstić information content (AvgIpc) is 2.43. The van der Waals surface area contributed by atoms with E-state index in [2.05, 4.69) is 17.6 Å². The Labute approximate surface area is 127 Å². The van der Waals surface area contributed by atoms with Gasteiger partial charge in [-0.15, -0.1) is 0 Å². The molecule has 2 N–H and O–H groups in total. The van der Waals surface area contributed by atoms with Crippen molar-refractivity contribution in [1.29, 1.82) is 0 Å². The Hall–Kier alpha value is -1.30. The monoisotopic (exact) mass is 314 g/mol. The predicted octanol–water partition coefficient (Wildman–Crippen LogP) is 4.70. The molecule has 1 aromatic rings. The van der Waals surface area contributed by atoms with Crippen LogP contribution in [-0.2, 0) is 0 Å². The molecule has 1 aromatic carbocycles. The summed E-state index contributed by atoms with van der Waals surface area (Å²) in [5.41, 5.74) is 0.420. The van der Waals surface area contributed by atoms with Crippen molar-refractivity contribution < 1.29 is 13.6 Å². The van der Waals surface area contributed by atoms with Gasteiger partial charge in [-0.1, -0.05) is 43.7 Å². The Balaban J connectivity index is 1.96. The molecule has 0 saturated heterocycles. The minimum atomic E-state index is -2.51. The number of alkyl halides is 2. The topological polar surface area (TPSA) is 41.1 Å². The SMILES string of the molecule is CC1CCCCC1NC(=O)Nc1ccccc1SC(F)F. The molecule has 2 unspecified atom stereocenters. The molecule has 1 fully saturated rings. The van der Waals surface area contributed by atoms with Crippen molar-refractivity contribution in [2.24, 2.45) is 5.92 Å². The van der Waals surface area contributed by atoms with Gasteiger partial charge in [0.15, 0.2) is 0 Å². The zero-order valence-corrected chi connectivity index (χ0v) is 12.8. The molecule has 0 aliphatic heterocycles. The summed E-state index contributed by atoms with van der Waals surface area (Å²) in [5.74, 6) is -2.05. The van der Waals surface area contributed by atoms with Crippen LogP contribution in [0.5, 0.6) is 0 Å². The number of halogens is 2. The van der Waals surface area contributed by atoms with Crippen molar-refractivity contribution in [3.63, 3.8) is 0 Å². The van der Waals surface area contributed by atoms with Crippen molar-refractivity contribution in [3.05, 3.63) is 24.3 Å². The van der Waals surface area contributed by atoms with Crippen LogP contribution >= 0.6 is 11.8 Å². The minimum absolute atomic E-state index is 0.161. The number of hydrogen-bond donors (Lipinski definition) is 2. The highest BCUT2D eigenvalue weighted by Gasteiger charge is 2.23. The summed E-state index contributed by atoms with van der Waals surface area (Å²) in [6.45, 7) is 2.13. The van der Waals surface area contributed by atoms with E-state index in [1.165, 1.54) is 6.42 Å². The van der Waals surface area contributed by atoms with E-state index in [1.54, 1.807) is 24.3 Å². The third kappa shape index (κ3) is 4.88. The minimum Gasteiger partial charge on any atom is -0.335 e. The number of nitrogens with one attached hydrogen (secondary N) is 2. The number of carbonyl (C=O) groups excluding carboxylic acids is 1. The van der Waals surface area contributed by atoms with Crippen LogP contribution in [0.2, 0.25) is 0 Å². The molecule has 1 saturated carbocycles. The summed E-state index contributed by atoms with van der Waals surface area (Å²) in [5, 5.41) is 5.63. The lowest BCUT2D eigenvalue weighted by molar-refractivity contribution is 0.232. The lowest BCUT2D eigenvalue weighted by Crippen LogP contribution is -2.43. The first kappa shape index (κ1) is 16.1. The van der Waals surface area contributed by atoms with Gasteiger partial charge in [-0.05, 0) is 30.9 Å². The lowest BCUT2D eigenvalue weighted by Gasteiger charge is -2.29. The van der Waals surface area contributed by atoms with Crippen molar-refractivity contribution in [1.82, 2.24) is 5.32 Å². The van der Waals surface area contributed by atoms with Gasteiger partial charge in [-0.2, -0.15) is 8.78 Å². The van der Waals surface area contributed by atoms with Crippen LogP contribution in [-0.4, -0.2) is 17.8 Å². The Kier molecular flexibility index (Phi) is 5.85. The van der Waals surface area contributed by atoms with E-state index in [9.17, 15) is 13.6 Å². The predicted molar refractivity (Wildman–Crippen MR) is 81.9 cm³/mol. The number of thioether (sulfide) groups is 1. The molecule has 1 aliphatic rings. The van der Waals surface area contributed by atoms with Crippen LogP contribution in [0.3, 0.4) is 0 Å². The van der Waals surface area contributed by atoms with Gasteiger partial charge in [0.1, 0.15) is 0 Å². The fourth-order valence-corrected chi connectivity index (χ4v) is 3.22. The Morgan fingerprint density at radius 3 is 2.71 bits per heavy atom. The van der Waals surface area contributed by atoms with Gasteiger partial charge in [-0.25, -0.2) is 4.79 Å². The molecule has 0 spiro atoms. The van der Waals surface area contributed by atoms with E-state index in [1.807, 2.05) is 0 Å². The highest BCUT2D eigenvalue weighted by atomic mass is 32.2. The molecule has 2 rings (SSSR count). The number of hydrogen-bond acceptors (Lipinski definition) is 2. The van der Waals surface area contributed by atoms with Gasteiger partial charge in [0.25, 0.3) is 5.76 Å². The summed E-state index contributed by atoms with van der Waals surface area (Å²) in [6, 6.07) is 6.44. The summed E-state index contributed by atoms with van der Waals surface area (Å²) in [4.78, 5) is 12.4. The summed E-state index contributed by atoms with van der Waals surface area (Å²) < 4.78 is 25.0. The van der Waals surface area contributed by atoms with E-state index < -0.39 is 5.76 Å². The van der Waals surface area contributed by atoms with Crippen LogP contribution in [0.15, 0.2) is 29.2 Å². The molecule has 0 aromatic heterocycles. The van der Waals surface area contributed by atoms with Gasteiger partial charge in [0.2, 0.25) is 0 Å². The van der Waals surface area contributed by atoms with Crippen molar-refractivity contribution in [2.75, 3.05) is 5.32 Å². The quantitative estimate of drug-likeness (QED) is 0.791.